The molecule has 4 N–H and O–H groups in total. The smallest absolute Gasteiger partial charge is 0.305 e. The van der Waals surface area contributed by atoms with Gasteiger partial charge in [0.2, 0.25) is 0 Å². The normalized spacial score (nSPS) is 10.5. The molecular weight excluding hydrogens is 470 g/mol. The van der Waals surface area contributed by atoms with Crippen LogP contribution >= 0.6 is 0 Å². The molecule has 188 valence electrons. The highest BCUT2D eigenvalue weighted by molar-refractivity contribution is 5.92. The third kappa shape index (κ3) is 6.64. The van der Waals surface area contributed by atoms with Crippen LogP contribution in [0, 0.1) is 0 Å². The number of pyridine rings is 1. The molecule has 4 aromatic rings. The number of aliphatic carboxylic acids is 1. The minimum atomic E-state index is -0.977. The van der Waals surface area contributed by atoms with Crippen LogP contribution < -0.4 is 15.4 Å². The fourth-order valence-corrected chi connectivity index (χ4v) is 3.83. The summed E-state index contributed by atoms with van der Waals surface area (Å²) >= 11 is 0. The molecule has 4 rings (SSSR count). The number of nitrogens with one attached hydrogen (secondary N) is 2. The van der Waals surface area contributed by atoms with E-state index in [1.165, 1.54) is 0 Å². The number of benzene rings is 3. The van der Waals surface area contributed by atoms with Crippen LogP contribution in [0.3, 0.4) is 0 Å². The number of hydrogen-bond acceptors (Lipinski definition) is 6. The number of aromatic nitrogens is 1. The maximum atomic E-state index is 12.2. The fraction of sp³-hybridized carbons (Fsp3) is 0.138. The average molecular weight is 498 g/mol. The van der Waals surface area contributed by atoms with E-state index in [1.807, 2.05) is 54.6 Å². The number of carboxylic acids is 1. The standard InChI is InChI=1S/C29H27N3O5/c1-37-25-11-7-21(17-31-23-9-5-19(6-10-23)20-3-2-4-24(33)15-20)26(16-25)22-8-12-27(32-18-22)29(36)30-14-13-28(34)35/h2-12,15-16,18,31,33H,13-14,17H2,1H3,(H,30,36)(H,34,35). The van der Waals surface area contributed by atoms with Crippen molar-refractivity contribution >= 4 is 17.6 Å². The Kier molecular flexibility index (Phi) is 8.00. The molecule has 0 atom stereocenters. The molecule has 0 aliphatic carbocycles. The lowest BCUT2D eigenvalue weighted by Gasteiger charge is -2.14. The van der Waals surface area contributed by atoms with Crippen LogP contribution in [-0.4, -0.2) is 40.7 Å². The van der Waals surface area contributed by atoms with E-state index in [0.29, 0.717) is 12.3 Å². The predicted octanol–water partition coefficient (Wildman–Crippen LogP) is 4.95. The van der Waals surface area contributed by atoms with Gasteiger partial charge in [0, 0.05) is 30.5 Å². The molecule has 0 bridgehead atoms. The summed E-state index contributed by atoms with van der Waals surface area (Å²) in [6.45, 7) is 0.584. The van der Waals surface area contributed by atoms with Crippen molar-refractivity contribution in [3.8, 4) is 33.8 Å². The van der Waals surface area contributed by atoms with Crippen LogP contribution in [0.4, 0.5) is 5.69 Å². The first kappa shape index (κ1) is 25.2. The monoisotopic (exact) mass is 497 g/mol. The van der Waals surface area contributed by atoms with Gasteiger partial charge < -0.3 is 25.6 Å². The summed E-state index contributed by atoms with van der Waals surface area (Å²) in [6, 6.07) is 24.3. The van der Waals surface area contributed by atoms with Gasteiger partial charge >= 0.3 is 5.97 Å². The molecule has 3 aromatic carbocycles. The second-order valence-corrected chi connectivity index (χ2v) is 8.34. The predicted molar refractivity (Wildman–Crippen MR) is 142 cm³/mol. The van der Waals surface area contributed by atoms with Crippen LogP contribution in [-0.2, 0) is 11.3 Å². The second-order valence-electron chi connectivity index (χ2n) is 8.34. The van der Waals surface area contributed by atoms with Gasteiger partial charge in [-0.15, -0.1) is 0 Å². The van der Waals surface area contributed by atoms with Crippen LogP contribution in [0.5, 0.6) is 11.5 Å². The Morgan fingerprint density at radius 2 is 1.70 bits per heavy atom. The molecule has 1 amide bonds. The van der Waals surface area contributed by atoms with Crippen molar-refractivity contribution < 1.29 is 24.5 Å². The molecule has 0 aliphatic heterocycles. The van der Waals surface area contributed by atoms with Crippen LogP contribution in [0.2, 0.25) is 0 Å². The number of methoxy groups -OCH3 is 1. The van der Waals surface area contributed by atoms with Gasteiger partial charge in [-0.1, -0.05) is 36.4 Å². The summed E-state index contributed by atoms with van der Waals surface area (Å²) in [5, 5.41) is 24.4. The van der Waals surface area contributed by atoms with Crippen molar-refractivity contribution in [3.05, 3.63) is 96.3 Å². The molecule has 0 unspecified atom stereocenters. The zero-order chi connectivity index (χ0) is 26.2. The molecule has 0 saturated heterocycles. The number of amides is 1. The van der Waals surface area contributed by atoms with Gasteiger partial charge in [0.25, 0.3) is 5.91 Å². The molecule has 1 heterocycles. The van der Waals surface area contributed by atoms with Crippen molar-refractivity contribution in [1.82, 2.24) is 10.3 Å². The van der Waals surface area contributed by atoms with E-state index in [0.717, 1.165) is 33.5 Å². The Morgan fingerprint density at radius 3 is 2.38 bits per heavy atom. The number of carbonyl (C=O) groups is 2. The van der Waals surface area contributed by atoms with Gasteiger partial charge in [0.15, 0.2) is 0 Å². The highest BCUT2D eigenvalue weighted by Crippen LogP contribution is 2.29. The lowest BCUT2D eigenvalue weighted by Crippen LogP contribution is -2.26. The Balaban J connectivity index is 1.48. The first-order valence-electron chi connectivity index (χ1n) is 11.7. The molecule has 0 fully saturated rings. The van der Waals surface area contributed by atoms with E-state index in [9.17, 15) is 14.7 Å². The highest BCUT2D eigenvalue weighted by atomic mass is 16.5. The molecular formula is C29H27N3O5. The topological polar surface area (TPSA) is 121 Å². The molecule has 8 heteroatoms. The highest BCUT2D eigenvalue weighted by Gasteiger charge is 2.12. The zero-order valence-electron chi connectivity index (χ0n) is 20.3. The zero-order valence-corrected chi connectivity index (χ0v) is 20.3. The molecule has 1 aromatic heterocycles. The van der Waals surface area contributed by atoms with Gasteiger partial charge in [0.05, 0.1) is 13.5 Å². The molecule has 0 aliphatic rings. The van der Waals surface area contributed by atoms with Crippen LogP contribution in [0.25, 0.3) is 22.3 Å². The van der Waals surface area contributed by atoms with Gasteiger partial charge in [-0.2, -0.15) is 0 Å². The average Bonchev–Trinajstić information content (AvgIpc) is 2.92. The SMILES string of the molecule is COc1ccc(CNc2ccc(-c3cccc(O)c3)cc2)c(-c2ccc(C(=O)NCCC(=O)O)nc2)c1. The number of anilines is 1. The molecule has 37 heavy (non-hydrogen) atoms. The Hall–Kier alpha value is -4.85. The fourth-order valence-electron chi connectivity index (χ4n) is 3.83. The molecule has 8 nitrogen and oxygen atoms in total. The minimum Gasteiger partial charge on any atom is -0.508 e. The van der Waals surface area contributed by atoms with E-state index in [4.69, 9.17) is 9.84 Å². The Labute approximate surface area is 214 Å². The van der Waals surface area contributed by atoms with E-state index in [-0.39, 0.29) is 24.4 Å². The largest absolute Gasteiger partial charge is 0.508 e. The number of carboxylic acid groups (broad SMARTS) is 1. The van der Waals surface area contributed by atoms with Crippen molar-refractivity contribution in [1.29, 1.82) is 0 Å². The van der Waals surface area contributed by atoms with Crippen molar-refractivity contribution in [2.24, 2.45) is 0 Å². The second kappa shape index (κ2) is 11.7. The summed E-state index contributed by atoms with van der Waals surface area (Å²) in [5.41, 5.74) is 5.84. The maximum absolute atomic E-state index is 12.2. The number of phenolic OH excluding ortho intramolecular Hbond substituents is 1. The lowest BCUT2D eigenvalue weighted by atomic mass is 10.00. The first-order valence-corrected chi connectivity index (χ1v) is 11.7. The summed E-state index contributed by atoms with van der Waals surface area (Å²) in [7, 11) is 1.61. The van der Waals surface area contributed by atoms with Gasteiger partial charge in [-0.3, -0.25) is 14.6 Å². The summed E-state index contributed by atoms with van der Waals surface area (Å²) in [5.74, 6) is -0.470. The van der Waals surface area contributed by atoms with Crippen LogP contribution in [0.1, 0.15) is 22.5 Å². The third-order valence-electron chi connectivity index (χ3n) is 5.80. The lowest BCUT2D eigenvalue weighted by molar-refractivity contribution is -0.136. The number of rotatable bonds is 10. The van der Waals surface area contributed by atoms with Crippen molar-refractivity contribution in [2.45, 2.75) is 13.0 Å². The molecule has 0 saturated carbocycles. The summed E-state index contributed by atoms with van der Waals surface area (Å²) in [4.78, 5) is 27.1. The van der Waals surface area contributed by atoms with E-state index in [2.05, 4.69) is 15.6 Å². The number of aromatic hydroxyl groups is 1. The van der Waals surface area contributed by atoms with Gasteiger partial charge in [-0.25, -0.2) is 0 Å². The van der Waals surface area contributed by atoms with Crippen LogP contribution in [0.15, 0.2) is 85.1 Å². The van der Waals surface area contributed by atoms with E-state index < -0.39 is 11.9 Å². The minimum absolute atomic E-state index is 0.0398. The third-order valence-corrected chi connectivity index (χ3v) is 5.80. The summed E-state index contributed by atoms with van der Waals surface area (Å²) in [6.07, 6.45) is 1.47. The van der Waals surface area contributed by atoms with Crippen molar-refractivity contribution in [3.63, 3.8) is 0 Å². The first-order chi connectivity index (χ1) is 17.9. The van der Waals surface area contributed by atoms with Crippen molar-refractivity contribution in [2.75, 3.05) is 19.0 Å². The number of phenols is 1. The number of hydrogen-bond donors (Lipinski definition) is 4. The number of carbonyl (C=O) groups excluding carboxylic acids is 1. The molecule has 0 radical (unpaired) electrons. The molecule has 0 spiro atoms. The summed E-state index contributed by atoms with van der Waals surface area (Å²) < 4.78 is 5.41. The maximum Gasteiger partial charge on any atom is 0.305 e. The van der Waals surface area contributed by atoms with Gasteiger partial charge in [-0.05, 0) is 64.7 Å². The quantitative estimate of drug-likeness (QED) is 0.245. The Morgan fingerprint density at radius 1 is 0.919 bits per heavy atom. The van der Waals surface area contributed by atoms with Gasteiger partial charge in [0.1, 0.15) is 17.2 Å². The Bertz CT molecular complexity index is 1390. The van der Waals surface area contributed by atoms with E-state index >= 15 is 0 Å². The number of nitrogens with zero attached hydrogens (tertiary/aromatic N) is 1. The number of ether oxygens (including phenoxy) is 1. The van der Waals surface area contributed by atoms with E-state index in [1.54, 1.807) is 37.6 Å².